The Labute approximate surface area is 123 Å². The highest BCUT2D eigenvalue weighted by Crippen LogP contribution is 2.34. The molecule has 0 bridgehead atoms. The first kappa shape index (κ1) is 16.2. The highest BCUT2D eigenvalue weighted by Gasteiger charge is 2.40. The van der Waals surface area contributed by atoms with E-state index >= 15 is 0 Å². The third kappa shape index (κ3) is 4.41. The van der Waals surface area contributed by atoms with Gasteiger partial charge in [-0.25, -0.2) is 0 Å². The number of hydrogen-bond donors (Lipinski definition) is 2. The molecule has 2 aliphatic rings. The summed E-state index contributed by atoms with van der Waals surface area (Å²) in [5.41, 5.74) is 0. The van der Waals surface area contributed by atoms with E-state index in [0.717, 1.165) is 32.2 Å². The lowest BCUT2D eigenvalue weighted by Gasteiger charge is -2.31. The zero-order valence-corrected chi connectivity index (χ0v) is 13.7. The molecule has 0 aromatic carbocycles. The van der Waals surface area contributed by atoms with E-state index in [9.17, 15) is 8.42 Å². The van der Waals surface area contributed by atoms with E-state index in [0.29, 0.717) is 31.0 Å². The molecule has 2 unspecified atom stereocenters. The van der Waals surface area contributed by atoms with Crippen molar-refractivity contribution in [3.05, 3.63) is 0 Å². The average Bonchev–Trinajstić information content (AvgIpc) is 3.14. The molecular weight excluding hydrogens is 274 g/mol. The minimum Gasteiger partial charge on any atom is -0.314 e. The first-order valence-electron chi connectivity index (χ1n) is 7.93. The number of piperidine rings is 1. The van der Waals surface area contributed by atoms with Crippen molar-refractivity contribution in [1.29, 1.82) is 0 Å². The van der Waals surface area contributed by atoms with Gasteiger partial charge < -0.3 is 5.32 Å². The molecule has 0 radical (unpaired) electrons. The second-order valence-electron chi connectivity index (χ2n) is 6.54. The summed E-state index contributed by atoms with van der Waals surface area (Å²) in [7, 11) is -3.25. The van der Waals surface area contributed by atoms with Crippen molar-refractivity contribution in [3.63, 3.8) is 0 Å². The summed E-state index contributed by atoms with van der Waals surface area (Å²) in [6.45, 7) is 8.71. The predicted molar refractivity (Wildman–Crippen MR) is 81.7 cm³/mol. The summed E-state index contributed by atoms with van der Waals surface area (Å²) >= 11 is 0. The van der Waals surface area contributed by atoms with Crippen LogP contribution in [0.1, 0.15) is 46.5 Å². The largest absolute Gasteiger partial charge is 0.314 e. The number of rotatable bonds is 7. The summed E-state index contributed by atoms with van der Waals surface area (Å²) in [5.74, 6) is 1.16. The molecule has 1 saturated carbocycles. The van der Waals surface area contributed by atoms with Crippen LogP contribution in [0.25, 0.3) is 0 Å². The van der Waals surface area contributed by atoms with E-state index in [1.165, 1.54) is 0 Å². The van der Waals surface area contributed by atoms with E-state index in [-0.39, 0.29) is 6.04 Å². The van der Waals surface area contributed by atoms with Crippen LogP contribution >= 0.6 is 0 Å². The maximum atomic E-state index is 12.3. The zero-order chi connectivity index (χ0) is 14.8. The highest BCUT2D eigenvalue weighted by atomic mass is 32.2. The van der Waals surface area contributed by atoms with Crippen LogP contribution in [0.4, 0.5) is 0 Å². The van der Waals surface area contributed by atoms with Crippen molar-refractivity contribution < 1.29 is 8.42 Å². The van der Waals surface area contributed by atoms with Gasteiger partial charge in [0.15, 0.2) is 0 Å². The Bertz CT molecular complexity index is 403. The average molecular weight is 303 g/mol. The monoisotopic (exact) mass is 303 g/mol. The Morgan fingerprint density at radius 3 is 2.40 bits per heavy atom. The number of nitrogens with one attached hydrogen (secondary N) is 2. The summed E-state index contributed by atoms with van der Waals surface area (Å²) in [4.78, 5) is 0. The van der Waals surface area contributed by atoms with Gasteiger partial charge in [0.2, 0.25) is 0 Å². The molecule has 1 aliphatic heterocycles. The molecule has 5 nitrogen and oxygen atoms in total. The van der Waals surface area contributed by atoms with Crippen LogP contribution in [0.15, 0.2) is 0 Å². The fraction of sp³-hybridized carbons (Fsp3) is 1.00. The summed E-state index contributed by atoms with van der Waals surface area (Å²) in [5, 5.41) is 3.44. The molecule has 2 rings (SSSR count). The molecule has 1 aliphatic carbocycles. The quantitative estimate of drug-likeness (QED) is 0.746. The van der Waals surface area contributed by atoms with Crippen molar-refractivity contribution in [3.8, 4) is 0 Å². The Morgan fingerprint density at radius 2 is 1.90 bits per heavy atom. The second kappa shape index (κ2) is 6.73. The lowest BCUT2D eigenvalue weighted by Crippen LogP contribution is -2.47. The molecule has 2 fully saturated rings. The Kier molecular flexibility index (Phi) is 5.45. The fourth-order valence-corrected chi connectivity index (χ4v) is 4.38. The van der Waals surface area contributed by atoms with E-state index in [2.05, 4.69) is 30.8 Å². The number of nitrogens with zero attached hydrogens (tertiary/aromatic N) is 1. The highest BCUT2D eigenvalue weighted by molar-refractivity contribution is 7.87. The van der Waals surface area contributed by atoms with Gasteiger partial charge in [0.1, 0.15) is 0 Å². The summed E-state index contributed by atoms with van der Waals surface area (Å²) < 4.78 is 29.0. The van der Waals surface area contributed by atoms with Gasteiger partial charge in [-0.15, -0.1) is 0 Å². The molecule has 1 saturated heterocycles. The van der Waals surface area contributed by atoms with Crippen LogP contribution in [0.3, 0.4) is 0 Å². The van der Waals surface area contributed by atoms with Crippen molar-refractivity contribution in [1.82, 2.24) is 14.3 Å². The Morgan fingerprint density at radius 1 is 1.25 bits per heavy atom. The normalized spacial score (nSPS) is 29.0. The molecular formula is C14H29N3O2S. The third-order valence-corrected chi connectivity index (χ3v) is 6.12. The van der Waals surface area contributed by atoms with Gasteiger partial charge in [0, 0.05) is 25.2 Å². The van der Waals surface area contributed by atoms with Gasteiger partial charge in [0.25, 0.3) is 10.2 Å². The van der Waals surface area contributed by atoms with Crippen LogP contribution in [0.5, 0.6) is 0 Å². The first-order chi connectivity index (χ1) is 9.42. The topological polar surface area (TPSA) is 61.4 Å². The molecule has 2 N–H and O–H groups in total. The van der Waals surface area contributed by atoms with Crippen molar-refractivity contribution in [2.45, 2.75) is 58.5 Å². The van der Waals surface area contributed by atoms with Crippen LogP contribution in [0, 0.1) is 11.8 Å². The molecule has 6 heteroatoms. The molecule has 1 heterocycles. The van der Waals surface area contributed by atoms with Gasteiger partial charge in [-0.3, -0.25) is 0 Å². The van der Waals surface area contributed by atoms with E-state index < -0.39 is 10.2 Å². The standard InChI is InChI=1S/C14H29N3O2S/c1-4-13-9-14(13)16-20(18,19)17-7-5-12(6-8-17)10-15-11(2)3/h11-16H,4-10H2,1-3H3. The van der Waals surface area contributed by atoms with Gasteiger partial charge >= 0.3 is 0 Å². The smallest absolute Gasteiger partial charge is 0.279 e. The lowest BCUT2D eigenvalue weighted by atomic mass is 9.98. The molecule has 0 aromatic rings. The minimum atomic E-state index is -3.25. The molecule has 0 amide bonds. The predicted octanol–water partition coefficient (Wildman–Crippen LogP) is 1.33. The van der Waals surface area contributed by atoms with Gasteiger partial charge in [-0.2, -0.15) is 17.4 Å². The van der Waals surface area contributed by atoms with Crippen molar-refractivity contribution in [2.75, 3.05) is 19.6 Å². The van der Waals surface area contributed by atoms with Crippen LogP contribution in [-0.4, -0.2) is 44.4 Å². The van der Waals surface area contributed by atoms with Gasteiger partial charge in [-0.1, -0.05) is 27.2 Å². The van der Waals surface area contributed by atoms with E-state index in [1.54, 1.807) is 4.31 Å². The summed E-state index contributed by atoms with van der Waals surface area (Å²) in [6.07, 6.45) is 3.99. The number of hydrogen-bond acceptors (Lipinski definition) is 3. The first-order valence-corrected chi connectivity index (χ1v) is 9.37. The maximum absolute atomic E-state index is 12.3. The summed E-state index contributed by atoms with van der Waals surface area (Å²) in [6, 6.07) is 0.685. The molecule has 0 aromatic heterocycles. The zero-order valence-electron chi connectivity index (χ0n) is 12.9. The van der Waals surface area contributed by atoms with E-state index in [1.807, 2.05) is 0 Å². The lowest BCUT2D eigenvalue weighted by molar-refractivity contribution is 0.261. The van der Waals surface area contributed by atoms with Crippen LogP contribution < -0.4 is 10.0 Å². The Hall–Kier alpha value is -0.170. The van der Waals surface area contributed by atoms with Crippen molar-refractivity contribution >= 4 is 10.2 Å². The van der Waals surface area contributed by atoms with Crippen LogP contribution in [0.2, 0.25) is 0 Å². The van der Waals surface area contributed by atoms with Gasteiger partial charge in [-0.05, 0) is 37.6 Å². The SMILES string of the molecule is CCC1CC1NS(=O)(=O)N1CCC(CNC(C)C)CC1. The molecule has 118 valence electrons. The fourth-order valence-electron chi connectivity index (χ4n) is 2.87. The van der Waals surface area contributed by atoms with E-state index in [4.69, 9.17) is 0 Å². The molecule has 20 heavy (non-hydrogen) atoms. The minimum absolute atomic E-state index is 0.185. The molecule has 0 spiro atoms. The second-order valence-corrected chi connectivity index (χ2v) is 8.24. The molecule has 2 atom stereocenters. The van der Waals surface area contributed by atoms with Crippen molar-refractivity contribution in [2.24, 2.45) is 11.8 Å². The third-order valence-electron chi connectivity index (χ3n) is 4.48. The van der Waals surface area contributed by atoms with Crippen LogP contribution in [-0.2, 0) is 10.2 Å². The maximum Gasteiger partial charge on any atom is 0.279 e. The Balaban J connectivity index is 1.75. The van der Waals surface area contributed by atoms with Gasteiger partial charge in [0.05, 0.1) is 0 Å².